The molecule has 0 bridgehead atoms. The third kappa shape index (κ3) is 0.956. The molecule has 0 N–H and O–H groups in total. The lowest BCUT2D eigenvalue weighted by Gasteiger charge is -2.52. The van der Waals surface area contributed by atoms with Crippen molar-refractivity contribution >= 4 is 0 Å². The molecule has 0 aromatic rings. The first kappa shape index (κ1) is 6.62. The van der Waals surface area contributed by atoms with Crippen molar-refractivity contribution < 1.29 is 4.74 Å². The van der Waals surface area contributed by atoms with Gasteiger partial charge in [-0.05, 0) is 5.41 Å². The van der Waals surface area contributed by atoms with Crippen molar-refractivity contribution in [3.63, 3.8) is 0 Å². The van der Waals surface area contributed by atoms with E-state index in [-0.39, 0.29) is 0 Å². The summed E-state index contributed by atoms with van der Waals surface area (Å²) in [5, 5.41) is 0. The standard InChI is InChI=1S/C8H15NO/c1-8(2)5-9(6-8)7-3-10-4-7/h7H,3-6H2,1-2H3. The van der Waals surface area contributed by atoms with Crippen LogP contribution in [0.4, 0.5) is 0 Å². The summed E-state index contributed by atoms with van der Waals surface area (Å²) in [5.41, 5.74) is 0.579. The fraction of sp³-hybridized carbons (Fsp3) is 1.00. The van der Waals surface area contributed by atoms with Crippen molar-refractivity contribution in [3.8, 4) is 0 Å². The molecular formula is C8H15NO. The summed E-state index contributed by atoms with van der Waals surface area (Å²) in [7, 11) is 0. The molecule has 0 spiro atoms. The zero-order valence-corrected chi connectivity index (χ0v) is 6.76. The Kier molecular flexibility index (Phi) is 1.29. The van der Waals surface area contributed by atoms with Crippen LogP contribution < -0.4 is 0 Å². The zero-order chi connectivity index (χ0) is 7.19. The minimum Gasteiger partial charge on any atom is -0.378 e. The molecule has 58 valence electrons. The molecule has 2 heteroatoms. The largest absolute Gasteiger partial charge is 0.378 e. The fourth-order valence-corrected chi connectivity index (χ4v) is 1.75. The molecule has 10 heavy (non-hydrogen) atoms. The van der Waals surface area contributed by atoms with E-state index in [9.17, 15) is 0 Å². The Bertz CT molecular complexity index is 132. The van der Waals surface area contributed by atoms with Gasteiger partial charge in [0, 0.05) is 13.1 Å². The maximum atomic E-state index is 5.12. The van der Waals surface area contributed by atoms with Crippen LogP contribution in [0.3, 0.4) is 0 Å². The number of hydrogen-bond acceptors (Lipinski definition) is 2. The minimum absolute atomic E-state index is 0.579. The summed E-state index contributed by atoms with van der Waals surface area (Å²) in [4.78, 5) is 2.52. The predicted molar refractivity (Wildman–Crippen MR) is 40.0 cm³/mol. The van der Waals surface area contributed by atoms with Crippen molar-refractivity contribution in [2.75, 3.05) is 26.3 Å². The molecule has 0 aromatic carbocycles. The molecule has 2 fully saturated rings. The van der Waals surface area contributed by atoms with Crippen molar-refractivity contribution in [3.05, 3.63) is 0 Å². The average molecular weight is 141 g/mol. The first-order chi connectivity index (χ1) is 4.67. The topological polar surface area (TPSA) is 12.5 Å². The van der Waals surface area contributed by atoms with Crippen LogP contribution in [0.25, 0.3) is 0 Å². The summed E-state index contributed by atoms with van der Waals surface area (Å²) in [6.45, 7) is 9.11. The lowest BCUT2D eigenvalue weighted by atomic mass is 9.83. The third-order valence-electron chi connectivity index (χ3n) is 2.40. The Morgan fingerprint density at radius 1 is 1.30 bits per heavy atom. The number of likely N-dealkylation sites (tertiary alicyclic amines) is 1. The fourth-order valence-electron chi connectivity index (χ4n) is 1.75. The van der Waals surface area contributed by atoms with E-state index in [0.29, 0.717) is 5.41 Å². The average Bonchev–Trinajstić information content (AvgIpc) is 1.54. The number of ether oxygens (including phenoxy) is 1. The smallest absolute Gasteiger partial charge is 0.0645 e. The van der Waals surface area contributed by atoms with E-state index in [1.807, 2.05) is 0 Å². The van der Waals surface area contributed by atoms with Gasteiger partial charge in [0.25, 0.3) is 0 Å². The van der Waals surface area contributed by atoms with Crippen LogP contribution in [0.5, 0.6) is 0 Å². The lowest BCUT2D eigenvalue weighted by Crippen LogP contribution is -2.62. The monoisotopic (exact) mass is 141 g/mol. The van der Waals surface area contributed by atoms with Crippen LogP contribution in [0.15, 0.2) is 0 Å². The highest BCUT2D eigenvalue weighted by Crippen LogP contribution is 2.31. The van der Waals surface area contributed by atoms with Crippen molar-refractivity contribution in [2.24, 2.45) is 5.41 Å². The molecule has 2 saturated heterocycles. The van der Waals surface area contributed by atoms with Crippen LogP contribution in [0.1, 0.15) is 13.8 Å². The summed E-state index contributed by atoms with van der Waals surface area (Å²) >= 11 is 0. The molecule has 0 atom stereocenters. The molecule has 0 radical (unpaired) electrons. The van der Waals surface area contributed by atoms with E-state index in [1.54, 1.807) is 0 Å². The van der Waals surface area contributed by atoms with E-state index < -0.39 is 0 Å². The molecule has 2 aliphatic heterocycles. The third-order valence-corrected chi connectivity index (χ3v) is 2.40. The predicted octanol–water partition coefficient (Wildman–Crippen LogP) is 0.727. The number of nitrogens with zero attached hydrogens (tertiary/aromatic N) is 1. The summed E-state index contributed by atoms with van der Waals surface area (Å²) in [6.07, 6.45) is 0. The summed E-state index contributed by atoms with van der Waals surface area (Å²) in [5.74, 6) is 0. The van der Waals surface area contributed by atoms with Gasteiger partial charge in [0.1, 0.15) is 0 Å². The van der Waals surface area contributed by atoms with E-state index in [4.69, 9.17) is 4.74 Å². The Labute approximate surface area is 62.2 Å². The van der Waals surface area contributed by atoms with E-state index in [2.05, 4.69) is 18.7 Å². The van der Waals surface area contributed by atoms with Gasteiger partial charge in [0.05, 0.1) is 19.3 Å². The molecule has 0 saturated carbocycles. The second-order valence-electron chi connectivity index (χ2n) is 4.26. The maximum absolute atomic E-state index is 5.12. The van der Waals surface area contributed by atoms with Crippen LogP contribution in [-0.2, 0) is 4.74 Å². The number of hydrogen-bond donors (Lipinski definition) is 0. The summed E-state index contributed by atoms with van der Waals surface area (Å²) in [6, 6.07) is 0.757. The second-order valence-corrected chi connectivity index (χ2v) is 4.26. The quantitative estimate of drug-likeness (QED) is 0.533. The Hall–Kier alpha value is -0.0800. The Balaban J connectivity index is 1.79. The molecule has 2 nitrogen and oxygen atoms in total. The highest BCUT2D eigenvalue weighted by atomic mass is 16.5. The highest BCUT2D eigenvalue weighted by Gasteiger charge is 2.40. The summed E-state index contributed by atoms with van der Waals surface area (Å²) < 4.78 is 5.12. The zero-order valence-electron chi connectivity index (χ0n) is 6.76. The normalized spacial score (nSPS) is 33.0. The van der Waals surface area contributed by atoms with E-state index in [1.165, 1.54) is 13.1 Å². The molecule has 0 unspecified atom stereocenters. The molecule has 2 heterocycles. The van der Waals surface area contributed by atoms with Crippen LogP contribution >= 0.6 is 0 Å². The molecule has 0 aromatic heterocycles. The molecular weight excluding hydrogens is 126 g/mol. The number of rotatable bonds is 1. The van der Waals surface area contributed by atoms with Gasteiger partial charge in [-0.25, -0.2) is 0 Å². The van der Waals surface area contributed by atoms with Crippen LogP contribution in [0, 0.1) is 5.41 Å². The van der Waals surface area contributed by atoms with Crippen molar-refractivity contribution in [1.29, 1.82) is 0 Å². The Morgan fingerprint density at radius 2 is 1.90 bits per heavy atom. The van der Waals surface area contributed by atoms with Gasteiger partial charge >= 0.3 is 0 Å². The van der Waals surface area contributed by atoms with Gasteiger partial charge in [0.15, 0.2) is 0 Å². The maximum Gasteiger partial charge on any atom is 0.0645 e. The Morgan fingerprint density at radius 3 is 2.20 bits per heavy atom. The van der Waals surface area contributed by atoms with Gasteiger partial charge in [-0.15, -0.1) is 0 Å². The van der Waals surface area contributed by atoms with Gasteiger partial charge in [-0.3, -0.25) is 4.90 Å². The van der Waals surface area contributed by atoms with Gasteiger partial charge in [0.2, 0.25) is 0 Å². The molecule has 2 rings (SSSR count). The second kappa shape index (κ2) is 1.95. The van der Waals surface area contributed by atoms with E-state index >= 15 is 0 Å². The molecule has 2 aliphatic rings. The van der Waals surface area contributed by atoms with Crippen LogP contribution in [-0.4, -0.2) is 37.2 Å². The molecule has 0 aliphatic carbocycles. The first-order valence-corrected chi connectivity index (χ1v) is 3.99. The first-order valence-electron chi connectivity index (χ1n) is 3.99. The van der Waals surface area contributed by atoms with E-state index in [0.717, 1.165) is 19.3 Å². The minimum atomic E-state index is 0.579. The SMILES string of the molecule is CC1(C)CN(C2COC2)C1. The lowest BCUT2D eigenvalue weighted by molar-refractivity contribution is -0.121. The van der Waals surface area contributed by atoms with Gasteiger partial charge in [-0.2, -0.15) is 0 Å². The van der Waals surface area contributed by atoms with Crippen molar-refractivity contribution in [1.82, 2.24) is 4.90 Å². The molecule has 0 amide bonds. The van der Waals surface area contributed by atoms with Gasteiger partial charge < -0.3 is 4.74 Å². The highest BCUT2D eigenvalue weighted by molar-refractivity contribution is 4.93. The van der Waals surface area contributed by atoms with Gasteiger partial charge in [-0.1, -0.05) is 13.8 Å². The van der Waals surface area contributed by atoms with Crippen LogP contribution in [0.2, 0.25) is 0 Å². The van der Waals surface area contributed by atoms with Crippen molar-refractivity contribution in [2.45, 2.75) is 19.9 Å².